The Morgan fingerprint density at radius 1 is 1.42 bits per heavy atom. The van der Waals surface area contributed by atoms with Crippen molar-refractivity contribution in [3.05, 3.63) is 47.5 Å². The Bertz CT molecular complexity index is 843. The summed E-state index contributed by atoms with van der Waals surface area (Å²) in [5, 5.41) is 4.05. The minimum atomic E-state index is -3.08. The minimum absolute atomic E-state index is 0.157. The van der Waals surface area contributed by atoms with E-state index in [0.717, 1.165) is 18.2 Å². The number of halogens is 3. The summed E-state index contributed by atoms with van der Waals surface area (Å²) in [7, 11) is 0.587. The van der Waals surface area contributed by atoms with Crippen LogP contribution in [0.1, 0.15) is 22.0 Å². The van der Waals surface area contributed by atoms with Crippen LogP contribution in [0.4, 0.5) is 13.2 Å². The van der Waals surface area contributed by atoms with Crippen LogP contribution in [-0.4, -0.2) is 49.5 Å². The van der Waals surface area contributed by atoms with E-state index in [9.17, 15) is 22.2 Å². The van der Waals surface area contributed by atoms with E-state index in [2.05, 4.69) is 9.84 Å². The zero-order chi connectivity index (χ0) is 18.8. The first-order chi connectivity index (χ1) is 12.3. The standard InChI is InChI=1S/C16H16F3N3O3S/c1-21-8-10(7-20-21)14-9-26(24)5-4-22(14)15(23)12-6-11(25-16(18)19)2-3-13(12)17/h2-3,6-8,14,16H,4-5,9H2,1H3. The average Bonchev–Trinajstić information content (AvgIpc) is 3.02. The monoisotopic (exact) mass is 387 g/mol. The van der Waals surface area contributed by atoms with Crippen molar-refractivity contribution >= 4 is 16.7 Å². The van der Waals surface area contributed by atoms with Crippen molar-refractivity contribution in [1.82, 2.24) is 14.7 Å². The van der Waals surface area contributed by atoms with Crippen LogP contribution < -0.4 is 4.74 Å². The molecule has 2 atom stereocenters. The second-order valence-electron chi connectivity index (χ2n) is 5.79. The maximum absolute atomic E-state index is 14.2. The van der Waals surface area contributed by atoms with Gasteiger partial charge in [0.2, 0.25) is 0 Å². The zero-order valence-electron chi connectivity index (χ0n) is 13.8. The quantitative estimate of drug-likeness (QED) is 0.806. The molecule has 1 aliphatic rings. The first kappa shape index (κ1) is 18.4. The predicted octanol–water partition coefficient (Wildman–Crippen LogP) is 2.11. The molecule has 0 N–H and O–H groups in total. The Morgan fingerprint density at radius 2 is 2.19 bits per heavy atom. The van der Waals surface area contributed by atoms with Gasteiger partial charge in [0, 0.05) is 47.7 Å². The molecule has 0 spiro atoms. The van der Waals surface area contributed by atoms with Gasteiger partial charge in [0.1, 0.15) is 11.6 Å². The molecule has 26 heavy (non-hydrogen) atoms. The van der Waals surface area contributed by atoms with E-state index in [0.29, 0.717) is 5.56 Å². The van der Waals surface area contributed by atoms with Crippen molar-refractivity contribution < 1.29 is 26.9 Å². The van der Waals surface area contributed by atoms with Crippen LogP contribution in [0.15, 0.2) is 30.6 Å². The molecule has 1 aromatic heterocycles. The lowest BCUT2D eigenvalue weighted by atomic mass is 10.1. The molecule has 6 nitrogen and oxygen atoms in total. The summed E-state index contributed by atoms with van der Waals surface area (Å²) >= 11 is 0. The van der Waals surface area contributed by atoms with E-state index in [4.69, 9.17) is 0 Å². The lowest BCUT2D eigenvalue weighted by molar-refractivity contribution is -0.0499. The Kier molecular flexibility index (Phi) is 5.30. The highest BCUT2D eigenvalue weighted by Crippen LogP contribution is 2.28. The fourth-order valence-electron chi connectivity index (χ4n) is 2.84. The summed E-state index contributed by atoms with van der Waals surface area (Å²) in [6.07, 6.45) is 3.25. The van der Waals surface area contributed by atoms with Crippen molar-refractivity contribution in [3.8, 4) is 5.75 Å². The van der Waals surface area contributed by atoms with Crippen molar-refractivity contribution in [3.63, 3.8) is 0 Å². The van der Waals surface area contributed by atoms with E-state index in [-0.39, 0.29) is 29.4 Å². The first-order valence-electron chi connectivity index (χ1n) is 7.74. The summed E-state index contributed by atoms with van der Waals surface area (Å²) in [6.45, 7) is -2.92. The van der Waals surface area contributed by atoms with Crippen molar-refractivity contribution in [2.24, 2.45) is 7.05 Å². The van der Waals surface area contributed by atoms with Crippen molar-refractivity contribution in [2.45, 2.75) is 12.7 Å². The number of aryl methyl sites for hydroxylation is 1. The minimum Gasteiger partial charge on any atom is -0.435 e. The van der Waals surface area contributed by atoms with Crippen molar-refractivity contribution in [1.29, 1.82) is 0 Å². The molecule has 3 rings (SSSR count). The number of hydrogen-bond acceptors (Lipinski definition) is 4. The highest BCUT2D eigenvalue weighted by molar-refractivity contribution is 7.85. The molecule has 1 aromatic carbocycles. The largest absolute Gasteiger partial charge is 0.435 e. The Hall–Kier alpha value is -2.36. The van der Waals surface area contributed by atoms with Gasteiger partial charge in [0.05, 0.1) is 17.8 Å². The van der Waals surface area contributed by atoms with Gasteiger partial charge in [-0.25, -0.2) is 4.39 Å². The highest BCUT2D eigenvalue weighted by atomic mass is 32.2. The van der Waals surface area contributed by atoms with Crippen LogP contribution >= 0.6 is 0 Å². The van der Waals surface area contributed by atoms with Gasteiger partial charge in [0.25, 0.3) is 5.91 Å². The van der Waals surface area contributed by atoms with Gasteiger partial charge in [-0.1, -0.05) is 0 Å². The molecule has 0 bridgehead atoms. The number of carbonyl (C=O) groups excluding carboxylic acids is 1. The van der Waals surface area contributed by atoms with E-state index in [1.807, 2.05) is 0 Å². The number of hydrogen-bond donors (Lipinski definition) is 0. The first-order valence-corrected chi connectivity index (χ1v) is 9.23. The van der Waals surface area contributed by atoms with Gasteiger partial charge >= 0.3 is 6.61 Å². The number of carbonyl (C=O) groups is 1. The summed E-state index contributed by atoms with van der Waals surface area (Å²) in [5.74, 6) is -1.35. The molecule has 10 heteroatoms. The summed E-state index contributed by atoms with van der Waals surface area (Å²) < 4.78 is 56.7. The molecular formula is C16H16F3N3O3S. The molecule has 1 aliphatic heterocycles. The lowest BCUT2D eigenvalue weighted by Gasteiger charge is -2.35. The second kappa shape index (κ2) is 7.48. The molecule has 2 aromatic rings. The summed E-state index contributed by atoms with van der Waals surface area (Å²) in [6, 6.07) is 2.36. The molecule has 0 saturated carbocycles. The van der Waals surface area contributed by atoms with E-state index >= 15 is 0 Å². The van der Waals surface area contributed by atoms with Crippen LogP contribution in [0.2, 0.25) is 0 Å². The Morgan fingerprint density at radius 3 is 2.85 bits per heavy atom. The van der Waals surface area contributed by atoms with E-state index < -0.39 is 35.2 Å². The maximum atomic E-state index is 14.2. The molecule has 1 amide bonds. The number of alkyl halides is 2. The topological polar surface area (TPSA) is 64.4 Å². The third-order valence-electron chi connectivity index (χ3n) is 4.04. The predicted molar refractivity (Wildman–Crippen MR) is 87.9 cm³/mol. The number of rotatable bonds is 4. The van der Waals surface area contributed by atoms with Crippen LogP contribution in [0.3, 0.4) is 0 Å². The fourth-order valence-corrected chi connectivity index (χ4v) is 4.13. The summed E-state index contributed by atoms with van der Waals surface area (Å²) in [5.41, 5.74) is 0.305. The van der Waals surface area contributed by atoms with Gasteiger partial charge in [-0.05, 0) is 18.2 Å². The molecule has 0 radical (unpaired) electrons. The Balaban J connectivity index is 1.93. The SMILES string of the molecule is Cn1cc(C2CS(=O)CCN2C(=O)c2cc(OC(F)F)ccc2F)cn1. The third kappa shape index (κ3) is 3.90. The number of ether oxygens (including phenoxy) is 1. The van der Waals surface area contributed by atoms with Gasteiger partial charge in [-0.2, -0.15) is 13.9 Å². The van der Waals surface area contributed by atoms with E-state index in [1.54, 1.807) is 24.1 Å². The smallest absolute Gasteiger partial charge is 0.387 e. The second-order valence-corrected chi connectivity index (χ2v) is 7.41. The maximum Gasteiger partial charge on any atom is 0.387 e. The fraction of sp³-hybridized carbons (Fsp3) is 0.375. The molecule has 140 valence electrons. The number of aromatic nitrogens is 2. The number of benzene rings is 1. The van der Waals surface area contributed by atoms with Crippen molar-refractivity contribution in [2.75, 3.05) is 18.1 Å². The van der Waals surface area contributed by atoms with Crippen LogP contribution in [0.5, 0.6) is 5.75 Å². The van der Waals surface area contributed by atoms with Crippen LogP contribution in [-0.2, 0) is 17.8 Å². The van der Waals surface area contributed by atoms with E-state index in [1.165, 1.54) is 4.90 Å². The lowest BCUT2D eigenvalue weighted by Crippen LogP contribution is -2.44. The van der Waals surface area contributed by atoms with Crippen LogP contribution in [0, 0.1) is 5.82 Å². The Labute approximate surface area is 150 Å². The normalized spacial score (nSPS) is 20.4. The van der Waals surface area contributed by atoms with Gasteiger partial charge < -0.3 is 9.64 Å². The molecule has 1 fully saturated rings. The molecule has 2 heterocycles. The molecule has 1 saturated heterocycles. The third-order valence-corrected chi connectivity index (χ3v) is 5.37. The average molecular weight is 387 g/mol. The molecule has 0 aliphatic carbocycles. The van der Waals surface area contributed by atoms with Crippen LogP contribution in [0.25, 0.3) is 0 Å². The van der Waals surface area contributed by atoms with Gasteiger partial charge in [-0.15, -0.1) is 0 Å². The number of amides is 1. The highest BCUT2D eigenvalue weighted by Gasteiger charge is 2.33. The summed E-state index contributed by atoms with van der Waals surface area (Å²) in [4.78, 5) is 14.3. The number of nitrogens with zero attached hydrogens (tertiary/aromatic N) is 3. The van der Waals surface area contributed by atoms with Gasteiger partial charge in [-0.3, -0.25) is 13.7 Å². The molecule has 2 unspecified atom stereocenters. The zero-order valence-corrected chi connectivity index (χ0v) is 14.6. The van der Waals surface area contributed by atoms with Gasteiger partial charge in [0.15, 0.2) is 0 Å². The molecular weight excluding hydrogens is 371 g/mol.